The van der Waals surface area contributed by atoms with Crippen LogP contribution in [0.1, 0.15) is 31.0 Å². The molecule has 28 heavy (non-hydrogen) atoms. The van der Waals surface area contributed by atoms with Crippen molar-refractivity contribution in [2.75, 3.05) is 20.8 Å². The molecule has 0 unspecified atom stereocenters. The summed E-state index contributed by atoms with van der Waals surface area (Å²) in [5.41, 5.74) is 1.79. The van der Waals surface area contributed by atoms with Crippen molar-refractivity contribution in [3.8, 4) is 11.5 Å². The van der Waals surface area contributed by atoms with Gasteiger partial charge in [0.15, 0.2) is 16.7 Å². The minimum absolute atomic E-state index is 0.0840. The van der Waals surface area contributed by atoms with Crippen LogP contribution in [-0.4, -0.2) is 41.7 Å². The van der Waals surface area contributed by atoms with Gasteiger partial charge in [-0.25, -0.2) is 4.98 Å². The van der Waals surface area contributed by atoms with Gasteiger partial charge in [-0.05, 0) is 48.9 Å². The van der Waals surface area contributed by atoms with Crippen LogP contribution >= 0.6 is 23.1 Å². The van der Waals surface area contributed by atoms with Crippen LogP contribution in [0.2, 0.25) is 0 Å². The number of aromatic nitrogens is 1. The number of rotatable bonds is 7. The molecule has 0 radical (unpaired) electrons. The molecular weight excluding hydrogens is 394 g/mol. The maximum atomic E-state index is 12.6. The molecular formula is C20H23N3O3S2. The third-order valence-corrected chi connectivity index (χ3v) is 5.96. The van der Waals surface area contributed by atoms with Crippen molar-refractivity contribution in [2.45, 2.75) is 26.7 Å². The summed E-state index contributed by atoms with van der Waals surface area (Å²) in [6.07, 6.45) is 3.91. The Morgan fingerprint density at radius 1 is 1.32 bits per heavy atom. The number of hydrogen-bond donors (Lipinski definition) is 0. The number of carbonyl (C=O) groups is 1. The number of unbranched alkanes of at least 4 members (excludes halogenated alkanes) is 1. The van der Waals surface area contributed by atoms with Gasteiger partial charge >= 0.3 is 0 Å². The maximum Gasteiger partial charge on any atom is 0.266 e. The van der Waals surface area contributed by atoms with Crippen LogP contribution in [0.25, 0.3) is 6.08 Å². The molecule has 1 saturated heterocycles. The van der Waals surface area contributed by atoms with Crippen LogP contribution in [0.3, 0.4) is 0 Å². The first kappa shape index (κ1) is 20.4. The highest BCUT2D eigenvalue weighted by Crippen LogP contribution is 2.35. The van der Waals surface area contributed by atoms with Crippen molar-refractivity contribution in [1.29, 1.82) is 0 Å². The number of nitrogens with zero attached hydrogens (tertiary/aromatic N) is 3. The third-order valence-electron chi connectivity index (χ3n) is 4.04. The number of amides is 1. The normalized spacial score (nSPS) is 17.0. The predicted molar refractivity (Wildman–Crippen MR) is 116 cm³/mol. The van der Waals surface area contributed by atoms with Crippen molar-refractivity contribution in [3.05, 3.63) is 39.7 Å². The number of carbonyl (C=O) groups excluding carboxylic acids is 1. The van der Waals surface area contributed by atoms with Crippen molar-refractivity contribution in [3.63, 3.8) is 0 Å². The zero-order valence-electron chi connectivity index (χ0n) is 16.4. The summed E-state index contributed by atoms with van der Waals surface area (Å²) in [7, 11) is 3.34. The van der Waals surface area contributed by atoms with Gasteiger partial charge in [0.1, 0.15) is 0 Å². The number of thioether (sulfide) groups is 1. The minimum Gasteiger partial charge on any atom is -0.493 e. The quantitative estimate of drug-likeness (QED) is 0.475. The lowest BCUT2D eigenvalue weighted by Crippen LogP contribution is -2.23. The zero-order valence-corrected chi connectivity index (χ0v) is 18.0. The summed E-state index contributed by atoms with van der Waals surface area (Å²) in [5.74, 6) is 1.28. The molecule has 1 aliphatic rings. The summed E-state index contributed by atoms with van der Waals surface area (Å²) in [6, 6.07) is 5.67. The second kappa shape index (κ2) is 9.25. The molecule has 0 bridgehead atoms. The van der Waals surface area contributed by atoms with E-state index < -0.39 is 0 Å². The fourth-order valence-corrected chi connectivity index (χ4v) is 4.19. The second-order valence-corrected chi connectivity index (χ2v) is 8.10. The van der Waals surface area contributed by atoms with Crippen LogP contribution in [0.4, 0.5) is 5.13 Å². The molecule has 1 amide bonds. The number of methoxy groups -OCH3 is 1. The number of likely N-dealkylation sites (N-methyl/N-ethyl adjacent to an activating group) is 1. The molecule has 3 rings (SSSR count). The Balaban J connectivity index is 1.80. The molecule has 0 atom stereocenters. The predicted octanol–water partition coefficient (Wildman–Crippen LogP) is 4.87. The number of amidine groups is 1. The number of thiazole rings is 1. The Morgan fingerprint density at radius 2 is 2.14 bits per heavy atom. The average Bonchev–Trinajstić information content (AvgIpc) is 3.21. The lowest BCUT2D eigenvalue weighted by atomic mass is 10.2. The summed E-state index contributed by atoms with van der Waals surface area (Å²) < 4.78 is 11.2. The van der Waals surface area contributed by atoms with Gasteiger partial charge in [-0.2, -0.15) is 4.99 Å². The summed E-state index contributed by atoms with van der Waals surface area (Å²) in [4.78, 5) is 23.6. The van der Waals surface area contributed by atoms with Gasteiger partial charge in [0, 0.05) is 12.4 Å². The Kier molecular flexibility index (Phi) is 6.74. The molecule has 1 aromatic heterocycles. The van der Waals surface area contributed by atoms with Crippen molar-refractivity contribution >= 4 is 45.4 Å². The van der Waals surface area contributed by atoms with Gasteiger partial charge in [0.25, 0.3) is 5.91 Å². The van der Waals surface area contributed by atoms with Crippen LogP contribution < -0.4 is 9.47 Å². The first-order valence-corrected chi connectivity index (χ1v) is 10.7. The van der Waals surface area contributed by atoms with E-state index in [-0.39, 0.29) is 5.91 Å². The van der Waals surface area contributed by atoms with Crippen LogP contribution in [0.5, 0.6) is 11.5 Å². The van der Waals surface area contributed by atoms with Gasteiger partial charge in [-0.15, -0.1) is 11.3 Å². The lowest BCUT2D eigenvalue weighted by molar-refractivity contribution is -0.121. The SMILES string of the molecule is CCCCOc1ccc(/C=C2\S/C(=N/c3nc(C)cs3)N(C)C2=O)cc1OC. The van der Waals surface area contributed by atoms with E-state index in [0.29, 0.717) is 33.3 Å². The molecule has 1 fully saturated rings. The standard InChI is InChI=1S/C20H23N3O3S2/c1-5-6-9-26-15-8-7-14(10-16(15)25-4)11-17-18(24)23(3)20(28-17)22-19-21-13(2)12-27-19/h7-8,10-12H,5-6,9H2,1-4H3/b17-11-,22-20+. The van der Waals surface area contributed by atoms with E-state index in [0.717, 1.165) is 24.1 Å². The van der Waals surface area contributed by atoms with Gasteiger partial charge in [-0.3, -0.25) is 9.69 Å². The Labute approximate surface area is 173 Å². The highest BCUT2D eigenvalue weighted by Gasteiger charge is 2.30. The molecule has 1 aromatic carbocycles. The largest absolute Gasteiger partial charge is 0.493 e. The fraction of sp³-hybridized carbons (Fsp3) is 0.350. The Bertz CT molecular complexity index is 921. The molecule has 0 saturated carbocycles. The smallest absolute Gasteiger partial charge is 0.266 e. The topological polar surface area (TPSA) is 64.0 Å². The molecule has 0 spiro atoms. The highest BCUT2D eigenvalue weighted by molar-refractivity contribution is 8.18. The fourth-order valence-electron chi connectivity index (χ4n) is 2.50. The van der Waals surface area contributed by atoms with Crippen LogP contribution in [0.15, 0.2) is 33.5 Å². The molecule has 2 heterocycles. The summed E-state index contributed by atoms with van der Waals surface area (Å²) in [6.45, 7) is 4.70. The summed E-state index contributed by atoms with van der Waals surface area (Å²) >= 11 is 2.80. The first-order chi connectivity index (χ1) is 13.5. The minimum atomic E-state index is -0.0840. The Morgan fingerprint density at radius 3 is 2.82 bits per heavy atom. The van der Waals surface area contributed by atoms with E-state index in [1.54, 1.807) is 19.1 Å². The van der Waals surface area contributed by atoms with E-state index in [4.69, 9.17) is 9.47 Å². The van der Waals surface area contributed by atoms with E-state index in [1.807, 2.05) is 36.6 Å². The summed E-state index contributed by atoms with van der Waals surface area (Å²) in [5, 5.41) is 3.21. The number of hydrogen-bond acceptors (Lipinski definition) is 7. The molecule has 0 N–H and O–H groups in total. The van der Waals surface area contributed by atoms with Crippen molar-refractivity contribution in [1.82, 2.24) is 9.88 Å². The van der Waals surface area contributed by atoms with Crippen molar-refractivity contribution < 1.29 is 14.3 Å². The molecule has 6 nitrogen and oxygen atoms in total. The maximum absolute atomic E-state index is 12.6. The second-order valence-electron chi connectivity index (χ2n) is 6.25. The van der Waals surface area contributed by atoms with Gasteiger partial charge < -0.3 is 9.47 Å². The lowest BCUT2D eigenvalue weighted by Gasteiger charge is -2.11. The zero-order chi connectivity index (χ0) is 20.1. The van der Waals surface area contributed by atoms with Crippen LogP contribution in [-0.2, 0) is 4.79 Å². The van der Waals surface area contributed by atoms with Gasteiger partial charge in [0.05, 0.1) is 24.3 Å². The van der Waals surface area contributed by atoms with Gasteiger partial charge in [-0.1, -0.05) is 19.4 Å². The molecule has 0 aliphatic carbocycles. The molecule has 1 aliphatic heterocycles. The van der Waals surface area contributed by atoms with E-state index in [1.165, 1.54) is 23.1 Å². The highest BCUT2D eigenvalue weighted by atomic mass is 32.2. The monoisotopic (exact) mass is 417 g/mol. The van der Waals surface area contributed by atoms with E-state index >= 15 is 0 Å². The molecule has 2 aromatic rings. The Hall–Kier alpha value is -2.32. The average molecular weight is 418 g/mol. The number of aliphatic imine (C=N–C) groups is 1. The molecule has 8 heteroatoms. The van der Waals surface area contributed by atoms with Crippen LogP contribution in [0, 0.1) is 6.92 Å². The number of ether oxygens (including phenoxy) is 2. The molecule has 148 valence electrons. The first-order valence-electron chi connectivity index (χ1n) is 9.01. The number of benzene rings is 1. The number of aryl methyl sites for hydroxylation is 1. The van der Waals surface area contributed by atoms with Gasteiger partial charge in [0.2, 0.25) is 5.13 Å². The third kappa shape index (κ3) is 4.74. The van der Waals surface area contributed by atoms with E-state index in [2.05, 4.69) is 16.9 Å². The van der Waals surface area contributed by atoms with Crippen molar-refractivity contribution in [2.24, 2.45) is 4.99 Å². The van der Waals surface area contributed by atoms with E-state index in [9.17, 15) is 4.79 Å².